The Morgan fingerprint density at radius 3 is 2.71 bits per heavy atom. The second-order valence-electron chi connectivity index (χ2n) is 4.78. The zero-order chi connectivity index (χ0) is 9.97. The van der Waals surface area contributed by atoms with E-state index in [9.17, 15) is 4.79 Å². The number of carbonyl (C=O) groups is 1. The molecule has 3 heteroatoms. The van der Waals surface area contributed by atoms with E-state index in [1.807, 2.05) is 0 Å². The van der Waals surface area contributed by atoms with Crippen molar-refractivity contribution in [1.82, 2.24) is 10.6 Å². The third kappa shape index (κ3) is 2.08. The molecular weight excluding hydrogens is 176 g/mol. The minimum Gasteiger partial charge on any atom is -0.356 e. The third-order valence-electron chi connectivity index (χ3n) is 3.64. The fourth-order valence-electron chi connectivity index (χ4n) is 2.23. The Labute approximate surface area is 85.6 Å². The summed E-state index contributed by atoms with van der Waals surface area (Å²) < 4.78 is 0. The molecule has 1 heterocycles. The summed E-state index contributed by atoms with van der Waals surface area (Å²) in [5.41, 5.74) is 0. The van der Waals surface area contributed by atoms with Crippen LogP contribution in [0.15, 0.2) is 0 Å². The Hall–Kier alpha value is -0.570. The monoisotopic (exact) mass is 196 g/mol. The van der Waals surface area contributed by atoms with Crippen LogP contribution < -0.4 is 10.6 Å². The summed E-state index contributed by atoms with van der Waals surface area (Å²) >= 11 is 0. The average molecular weight is 196 g/mol. The molecule has 2 fully saturated rings. The Morgan fingerprint density at radius 1 is 1.43 bits per heavy atom. The Morgan fingerprint density at radius 2 is 2.21 bits per heavy atom. The first-order valence-corrected chi connectivity index (χ1v) is 5.76. The number of carbonyl (C=O) groups excluding carboxylic acids is 1. The van der Waals surface area contributed by atoms with Crippen LogP contribution in [0.4, 0.5) is 0 Å². The molecule has 2 aliphatic rings. The van der Waals surface area contributed by atoms with Crippen molar-refractivity contribution < 1.29 is 4.79 Å². The quantitative estimate of drug-likeness (QED) is 0.699. The van der Waals surface area contributed by atoms with Gasteiger partial charge in [0.15, 0.2) is 0 Å². The largest absolute Gasteiger partial charge is 0.356 e. The molecule has 0 bridgehead atoms. The molecule has 2 N–H and O–H groups in total. The lowest BCUT2D eigenvalue weighted by atomic mass is 9.85. The van der Waals surface area contributed by atoms with Gasteiger partial charge in [0, 0.05) is 13.1 Å². The van der Waals surface area contributed by atoms with E-state index >= 15 is 0 Å². The Bertz CT molecular complexity index is 213. The van der Waals surface area contributed by atoms with Crippen LogP contribution in [0, 0.1) is 17.8 Å². The van der Waals surface area contributed by atoms with Gasteiger partial charge >= 0.3 is 0 Å². The molecule has 0 radical (unpaired) electrons. The topological polar surface area (TPSA) is 41.1 Å². The molecule has 0 aromatic carbocycles. The number of nitrogens with one attached hydrogen (secondary N) is 2. The van der Waals surface area contributed by atoms with E-state index in [-0.39, 0.29) is 11.8 Å². The maximum absolute atomic E-state index is 11.7. The van der Waals surface area contributed by atoms with Crippen molar-refractivity contribution in [2.45, 2.75) is 26.2 Å². The summed E-state index contributed by atoms with van der Waals surface area (Å²) in [4.78, 5) is 11.7. The van der Waals surface area contributed by atoms with Crippen molar-refractivity contribution in [2.24, 2.45) is 17.8 Å². The summed E-state index contributed by atoms with van der Waals surface area (Å²) in [6.07, 6.45) is 3.96. The van der Waals surface area contributed by atoms with Crippen LogP contribution in [0.25, 0.3) is 0 Å². The molecule has 1 saturated heterocycles. The predicted octanol–water partition coefficient (Wildman–Crippen LogP) is 0.758. The maximum Gasteiger partial charge on any atom is 0.224 e. The van der Waals surface area contributed by atoms with Gasteiger partial charge in [-0.2, -0.15) is 0 Å². The molecule has 2 atom stereocenters. The number of hydrogen-bond donors (Lipinski definition) is 2. The van der Waals surface area contributed by atoms with Crippen LogP contribution in [0.1, 0.15) is 26.2 Å². The van der Waals surface area contributed by atoms with Crippen molar-refractivity contribution in [1.29, 1.82) is 0 Å². The zero-order valence-electron chi connectivity index (χ0n) is 8.88. The van der Waals surface area contributed by atoms with E-state index in [2.05, 4.69) is 17.6 Å². The summed E-state index contributed by atoms with van der Waals surface area (Å²) in [5.74, 6) is 1.73. The second kappa shape index (κ2) is 4.30. The lowest BCUT2D eigenvalue weighted by molar-refractivity contribution is -0.125. The fourth-order valence-corrected chi connectivity index (χ4v) is 2.23. The first-order valence-electron chi connectivity index (χ1n) is 5.76. The van der Waals surface area contributed by atoms with Gasteiger partial charge in [-0.05, 0) is 31.2 Å². The third-order valence-corrected chi connectivity index (χ3v) is 3.64. The highest BCUT2D eigenvalue weighted by molar-refractivity contribution is 5.79. The Balaban J connectivity index is 1.71. The van der Waals surface area contributed by atoms with Gasteiger partial charge in [0.25, 0.3) is 0 Å². The van der Waals surface area contributed by atoms with Gasteiger partial charge in [-0.25, -0.2) is 0 Å². The van der Waals surface area contributed by atoms with Crippen LogP contribution in [-0.4, -0.2) is 25.5 Å². The summed E-state index contributed by atoms with van der Waals surface area (Å²) in [5, 5.41) is 6.34. The molecule has 1 aliphatic carbocycles. The summed E-state index contributed by atoms with van der Waals surface area (Å²) in [6, 6.07) is 0. The molecule has 1 saturated carbocycles. The summed E-state index contributed by atoms with van der Waals surface area (Å²) in [7, 11) is 0. The predicted molar refractivity (Wildman–Crippen MR) is 55.9 cm³/mol. The number of rotatable bonds is 3. The maximum atomic E-state index is 11.7. The normalized spacial score (nSPS) is 32.6. The first-order chi connectivity index (χ1) is 6.77. The number of hydrogen-bond acceptors (Lipinski definition) is 2. The van der Waals surface area contributed by atoms with Crippen LogP contribution >= 0.6 is 0 Å². The molecule has 1 amide bonds. The molecule has 0 aromatic rings. The fraction of sp³-hybridized carbons (Fsp3) is 0.909. The highest BCUT2D eigenvalue weighted by Crippen LogP contribution is 2.25. The smallest absolute Gasteiger partial charge is 0.224 e. The molecular formula is C11H20N2O. The van der Waals surface area contributed by atoms with Crippen LogP contribution in [-0.2, 0) is 4.79 Å². The molecule has 3 nitrogen and oxygen atoms in total. The van der Waals surface area contributed by atoms with E-state index in [0.29, 0.717) is 5.92 Å². The van der Waals surface area contributed by atoms with Gasteiger partial charge in [0.2, 0.25) is 5.91 Å². The van der Waals surface area contributed by atoms with Crippen molar-refractivity contribution in [3.05, 3.63) is 0 Å². The molecule has 2 rings (SSSR count). The van der Waals surface area contributed by atoms with E-state index in [1.165, 1.54) is 19.3 Å². The van der Waals surface area contributed by atoms with E-state index < -0.39 is 0 Å². The minimum absolute atomic E-state index is 0.204. The molecule has 0 aromatic heterocycles. The van der Waals surface area contributed by atoms with E-state index in [1.54, 1.807) is 0 Å². The first kappa shape index (κ1) is 9.97. The van der Waals surface area contributed by atoms with Gasteiger partial charge < -0.3 is 10.6 Å². The van der Waals surface area contributed by atoms with Gasteiger partial charge in [-0.1, -0.05) is 13.3 Å². The Kier molecular flexibility index (Phi) is 3.06. The lowest BCUT2D eigenvalue weighted by Gasteiger charge is -2.26. The average Bonchev–Trinajstić information content (AvgIpc) is 2.48. The van der Waals surface area contributed by atoms with Gasteiger partial charge in [-0.15, -0.1) is 0 Å². The van der Waals surface area contributed by atoms with Crippen LogP contribution in [0.5, 0.6) is 0 Å². The van der Waals surface area contributed by atoms with Gasteiger partial charge in [0.1, 0.15) is 0 Å². The molecule has 0 spiro atoms. The van der Waals surface area contributed by atoms with Crippen LogP contribution in [0.3, 0.4) is 0 Å². The zero-order valence-corrected chi connectivity index (χ0v) is 8.88. The van der Waals surface area contributed by atoms with E-state index in [0.717, 1.165) is 25.6 Å². The SMILES string of the molecule is C[C@@H]1CNC[C@H]1C(=O)NCC1CCC1. The highest BCUT2D eigenvalue weighted by Gasteiger charge is 2.30. The van der Waals surface area contributed by atoms with Crippen molar-refractivity contribution in [2.75, 3.05) is 19.6 Å². The van der Waals surface area contributed by atoms with Crippen molar-refractivity contribution in [3.8, 4) is 0 Å². The molecule has 14 heavy (non-hydrogen) atoms. The van der Waals surface area contributed by atoms with Crippen molar-refractivity contribution >= 4 is 5.91 Å². The van der Waals surface area contributed by atoms with Crippen molar-refractivity contribution in [3.63, 3.8) is 0 Å². The summed E-state index contributed by atoms with van der Waals surface area (Å²) in [6.45, 7) is 4.90. The second-order valence-corrected chi connectivity index (χ2v) is 4.78. The van der Waals surface area contributed by atoms with E-state index in [4.69, 9.17) is 0 Å². The van der Waals surface area contributed by atoms with Gasteiger partial charge in [0.05, 0.1) is 5.92 Å². The molecule has 1 aliphatic heterocycles. The van der Waals surface area contributed by atoms with Gasteiger partial charge in [-0.3, -0.25) is 4.79 Å². The highest BCUT2D eigenvalue weighted by atomic mass is 16.1. The molecule has 0 unspecified atom stereocenters. The standard InChI is InChI=1S/C11H20N2O/c1-8-5-12-7-10(8)11(14)13-6-9-3-2-4-9/h8-10,12H,2-7H2,1H3,(H,13,14)/t8-,10-/m1/s1. The van der Waals surface area contributed by atoms with Crippen LogP contribution in [0.2, 0.25) is 0 Å². The lowest BCUT2D eigenvalue weighted by Crippen LogP contribution is -2.38. The molecule has 80 valence electrons. The minimum atomic E-state index is 0.204. The number of amides is 1.